The van der Waals surface area contributed by atoms with E-state index >= 15 is 0 Å². The third-order valence-electron chi connectivity index (χ3n) is 3.98. The molecule has 0 aliphatic rings. The van der Waals surface area contributed by atoms with E-state index in [1.807, 2.05) is 30.3 Å². The van der Waals surface area contributed by atoms with Gasteiger partial charge in [-0.2, -0.15) is 9.61 Å². The number of hydrogen-bond acceptors (Lipinski definition) is 5. The number of para-hydroxylation sites is 1. The number of aromatic hydroxyl groups is 1. The van der Waals surface area contributed by atoms with E-state index in [0.29, 0.717) is 16.8 Å². The summed E-state index contributed by atoms with van der Waals surface area (Å²) in [5.41, 5.74) is 8.68. The Balaban J connectivity index is 1.88. The van der Waals surface area contributed by atoms with Gasteiger partial charge in [0, 0.05) is 11.1 Å². The highest BCUT2D eigenvalue weighted by molar-refractivity contribution is 6.11. The number of hydrogen-bond donors (Lipinski definition) is 2. The lowest BCUT2D eigenvalue weighted by Gasteiger charge is -2.05. The minimum Gasteiger partial charge on any atom is -0.507 e. The molecule has 4 aromatic rings. The van der Waals surface area contributed by atoms with Crippen LogP contribution >= 0.6 is 0 Å². The number of rotatable bonds is 3. The van der Waals surface area contributed by atoms with Crippen molar-refractivity contribution >= 4 is 17.2 Å². The number of benzene rings is 2. The van der Waals surface area contributed by atoms with Gasteiger partial charge in [-0.25, -0.2) is 4.98 Å². The van der Waals surface area contributed by atoms with Gasteiger partial charge in [0.1, 0.15) is 11.4 Å². The molecule has 6 nitrogen and oxygen atoms in total. The molecule has 0 atom stereocenters. The van der Waals surface area contributed by atoms with Gasteiger partial charge in [-0.15, -0.1) is 0 Å². The van der Waals surface area contributed by atoms with Crippen LogP contribution in [0.25, 0.3) is 16.8 Å². The fourth-order valence-electron chi connectivity index (χ4n) is 2.75. The standard InChI is InChI=1S/C19H14N4O2/c20-19-22-17(12-6-2-1-3-7-12)15-10-13(11-21-23(15)19)18(25)14-8-4-5-9-16(14)24/h1-11,24H,(H2,20,22). The SMILES string of the molecule is Nc1nc(-c2ccccc2)c2cc(C(=O)c3ccccc3O)cnn12. The van der Waals surface area contributed by atoms with Crippen molar-refractivity contribution in [2.75, 3.05) is 5.73 Å². The van der Waals surface area contributed by atoms with E-state index < -0.39 is 0 Å². The minimum atomic E-state index is -0.313. The molecule has 0 amide bonds. The van der Waals surface area contributed by atoms with E-state index in [9.17, 15) is 9.90 Å². The molecule has 4 rings (SSSR count). The summed E-state index contributed by atoms with van der Waals surface area (Å²) in [7, 11) is 0. The largest absolute Gasteiger partial charge is 0.507 e. The number of ketones is 1. The summed E-state index contributed by atoms with van der Waals surface area (Å²) in [4.78, 5) is 17.1. The zero-order chi connectivity index (χ0) is 17.4. The van der Waals surface area contributed by atoms with Gasteiger partial charge in [-0.3, -0.25) is 4.79 Å². The Morgan fingerprint density at radius 1 is 1.04 bits per heavy atom. The molecule has 0 saturated heterocycles. The molecule has 122 valence electrons. The molecule has 0 aliphatic carbocycles. The zero-order valence-corrected chi connectivity index (χ0v) is 13.1. The van der Waals surface area contributed by atoms with E-state index in [1.54, 1.807) is 24.3 Å². The molecule has 3 N–H and O–H groups in total. The minimum absolute atomic E-state index is 0.0660. The normalized spacial score (nSPS) is 10.9. The van der Waals surface area contributed by atoms with Crippen LogP contribution in [0.4, 0.5) is 5.95 Å². The number of phenols is 1. The summed E-state index contributed by atoms with van der Waals surface area (Å²) >= 11 is 0. The molecule has 0 saturated carbocycles. The number of nitrogens with two attached hydrogens (primary N) is 1. The van der Waals surface area contributed by atoms with Crippen LogP contribution in [0.15, 0.2) is 66.9 Å². The highest BCUT2D eigenvalue weighted by atomic mass is 16.3. The van der Waals surface area contributed by atoms with Gasteiger partial charge in [0.2, 0.25) is 5.95 Å². The quantitative estimate of drug-likeness (QED) is 0.563. The molecule has 2 aromatic carbocycles. The number of aromatic nitrogens is 3. The monoisotopic (exact) mass is 330 g/mol. The van der Waals surface area contributed by atoms with E-state index in [-0.39, 0.29) is 23.0 Å². The molecular weight excluding hydrogens is 316 g/mol. The second kappa shape index (κ2) is 5.76. The van der Waals surface area contributed by atoms with Crippen LogP contribution in [-0.2, 0) is 0 Å². The number of carbonyl (C=O) groups is 1. The summed E-state index contributed by atoms with van der Waals surface area (Å²) < 4.78 is 1.49. The Labute approximate surface area is 143 Å². The smallest absolute Gasteiger partial charge is 0.222 e. The average molecular weight is 330 g/mol. The fraction of sp³-hybridized carbons (Fsp3) is 0. The number of anilines is 1. The zero-order valence-electron chi connectivity index (χ0n) is 13.1. The molecule has 0 radical (unpaired) electrons. The van der Waals surface area contributed by atoms with Crippen molar-refractivity contribution in [2.45, 2.75) is 0 Å². The maximum Gasteiger partial charge on any atom is 0.222 e. The first-order valence-electron chi connectivity index (χ1n) is 7.67. The van der Waals surface area contributed by atoms with Crippen molar-refractivity contribution in [2.24, 2.45) is 0 Å². The lowest BCUT2D eigenvalue weighted by atomic mass is 10.0. The molecule has 0 bridgehead atoms. The number of carbonyl (C=O) groups excluding carboxylic acids is 1. The summed E-state index contributed by atoms with van der Waals surface area (Å²) in [5, 5.41) is 14.1. The number of phenolic OH excluding ortho intramolecular Hbond substituents is 1. The topological polar surface area (TPSA) is 93.5 Å². The maximum absolute atomic E-state index is 12.7. The first-order chi connectivity index (χ1) is 12.1. The highest BCUT2D eigenvalue weighted by Crippen LogP contribution is 2.27. The summed E-state index contributed by atoms with van der Waals surface area (Å²) in [5.74, 6) is -0.133. The number of fused-ring (bicyclic) bond motifs is 1. The molecule has 25 heavy (non-hydrogen) atoms. The number of nitrogens with zero attached hydrogens (tertiary/aromatic N) is 3. The van der Waals surface area contributed by atoms with Crippen LogP contribution in [0, 0.1) is 0 Å². The summed E-state index contributed by atoms with van der Waals surface area (Å²) in [6.07, 6.45) is 1.43. The predicted molar refractivity (Wildman–Crippen MR) is 94.4 cm³/mol. The van der Waals surface area contributed by atoms with Gasteiger partial charge in [-0.1, -0.05) is 42.5 Å². The molecule has 6 heteroatoms. The molecule has 0 unspecified atom stereocenters. The van der Waals surface area contributed by atoms with Gasteiger partial charge < -0.3 is 10.8 Å². The maximum atomic E-state index is 12.7. The van der Waals surface area contributed by atoms with Gasteiger partial charge in [0.25, 0.3) is 0 Å². The molecule has 0 aliphatic heterocycles. The Morgan fingerprint density at radius 3 is 2.52 bits per heavy atom. The van der Waals surface area contributed by atoms with Crippen molar-refractivity contribution in [3.05, 3.63) is 78.0 Å². The third-order valence-corrected chi connectivity index (χ3v) is 3.98. The van der Waals surface area contributed by atoms with Gasteiger partial charge >= 0.3 is 0 Å². The van der Waals surface area contributed by atoms with Gasteiger partial charge in [0.15, 0.2) is 5.78 Å². The van der Waals surface area contributed by atoms with Crippen LogP contribution < -0.4 is 5.73 Å². The average Bonchev–Trinajstić information content (AvgIpc) is 2.98. The van der Waals surface area contributed by atoms with Crippen LogP contribution in [0.5, 0.6) is 5.75 Å². The van der Waals surface area contributed by atoms with Gasteiger partial charge in [-0.05, 0) is 18.2 Å². The van der Waals surface area contributed by atoms with Crippen LogP contribution in [0.2, 0.25) is 0 Å². The van der Waals surface area contributed by atoms with E-state index in [1.165, 1.54) is 16.8 Å². The summed E-state index contributed by atoms with van der Waals surface area (Å²) in [6, 6.07) is 17.7. The second-order valence-corrected chi connectivity index (χ2v) is 5.57. The number of nitrogen functional groups attached to an aromatic ring is 1. The Kier molecular flexibility index (Phi) is 3.43. The Hall–Kier alpha value is -3.67. The molecule has 2 heterocycles. The molecule has 0 spiro atoms. The predicted octanol–water partition coefficient (Wildman–Crippen LogP) is 2.92. The lowest BCUT2D eigenvalue weighted by molar-refractivity contribution is 0.103. The fourth-order valence-corrected chi connectivity index (χ4v) is 2.75. The first kappa shape index (κ1) is 14.9. The van der Waals surface area contributed by atoms with Crippen LogP contribution in [0.3, 0.4) is 0 Å². The van der Waals surface area contributed by atoms with E-state index in [4.69, 9.17) is 5.73 Å². The third kappa shape index (κ3) is 2.49. The Morgan fingerprint density at radius 2 is 1.76 bits per heavy atom. The van der Waals surface area contributed by atoms with Crippen molar-refractivity contribution in [3.8, 4) is 17.0 Å². The summed E-state index contributed by atoms with van der Waals surface area (Å²) in [6.45, 7) is 0. The Bertz CT molecular complexity index is 1090. The van der Waals surface area contributed by atoms with Crippen LogP contribution in [0.1, 0.15) is 15.9 Å². The molecule has 2 aromatic heterocycles. The molecular formula is C19H14N4O2. The molecule has 0 fully saturated rings. The van der Waals surface area contributed by atoms with Crippen LogP contribution in [-0.4, -0.2) is 25.5 Å². The van der Waals surface area contributed by atoms with Gasteiger partial charge in [0.05, 0.1) is 17.3 Å². The van der Waals surface area contributed by atoms with Crippen molar-refractivity contribution in [3.63, 3.8) is 0 Å². The van der Waals surface area contributed by atoms with E-state index in [2.05, 4.69) is 10.1 Å². The lowest BCUT2D eigenvalue weighted by Crippen LogP contribution is -2.05. The highest BCUT2D eigenvalue weighted by Gasteiger charge is 2.17. The second-order valence-electron chi connectivity index (χ2n) is 5.57. The van der Waals surface area contributed by atoms with E-state index in [0.717, 1.165) is 5.56 Å². The van der Waals surface area contributed by atoms with Crippen molar-refractivity contribution in [1.29, 1.82) is 0 Å². The first-order valence-corrected chi connectivity index (χ1v) is 7.67. The van der Waals surface area contributed by atoms with Crippen molar-refractivity contribution in [1.82, 2.24) is 14.6 Å². The number of imidazole rings is 1. The van der Waals surface area contributed by atoms with Crippen molar-refractivity contribution < 1.29 is 9.90 Å².